The van der Waals surface area contributed by atoms with Crippen molar-refractivity contribution < 1.29 is 14.3 Å². The first kappa shape index (κ1) is 20.1. The number of carbonyl (C=O) groups is 2. The molecule has 0 radical (unpaired) electrons. The molecule has 0 saturated carbocycles. The molecule has 0 heterocycles. The summed E-state index contributed by atoms with van der Waals surface area (Å²) in [6.45, 7) is 2.55. The fraction of sp³-hybridized carbons (Fsp3) is 0.263. The molecule has 0 spiro atoms. The number of carbonyl (C=O) groups excluding carboxylic acids is 2. The number of anilines is 1. The van der Waals surface area contributed by atoms with E-state index in [1.807, 2.05) is 0 Å². The lowest BCUT2D eigenvalue weighted by atomic mass is 10.2. The highest BCUT2D eigenvalue weighted by atomic mass is 35.5. The molecule has 5 nitrogen and oxygen atoms in total. The largest absolute Gasteiger partial charge is 0.494 e. The summed E-state index contributed by atoms with van der Waals surface area (Å²) in [7, 11) is 0. The van der Waals surface area contributed by atoms with Crippen molar-refractivity contribution in [1.82, 2.24) is 5.32 Å². The van der Waals surface area contributed by atoms with Gasteiger partial charge in [0.15, 0.2) is 0 Å². The lowest BCUT2D eigenvalue weighted by Gasteiger charge is -2.09. The van der Waals surface area contributed by atoms with E-state index in [-0.39, 0.29) is 12.5 Å². The van der Waals surface area contributed by atoms with Gasteiger partial charge in [0, 0.05) is 10.6 Å². The van der Waals surface area contributed by atoms with Crippen LogP contribution in [0, 0.1) is 0 Å². The van der Waals surface area contributed by atoms with E-state index in [0.717, 1.165) is 12.8 Å². The first-order chi connectivity index (χ1) is 12.5. The van der Waals surface area contributed by atoms with E-state index >= 15 is 0 Å². The van der Waals surface area contributed by atoms with Gasteiger partial charge in [0.2, 0.25) is 5.91 Å². The Kier molecular flexibility index (Phi) is 7.75. The molecule has 0 aliphatic heterocycles. The van der Waals surface area contributed by atoms with Crippen LogP contribution in [0.15, 0.2) is 42.5 Å². The Morgan fingerprint density at radius 3 is 2.50 bits per heavy atom. The molecule has 0 aliphatic rings. The highest BCUT2D eigenvalue weighted by Crippen LogP contribution is 2.25. The topological polar surface area (TPSA) is 67.4 Å². The second-order valence-corrected chi connectivity index (χ2v) is 6.43. The monoisotopic (exact) mass is 394 g/mol. The standard InChI is InChI=1S/C19H20Cl2N2O3/c1-2-3-10-26-15-7-4-13(5-8-15)19(25)22-12-18(24)23-17-11-14(20)6-9-16(17)21/h4-9,11H,2-3,10,12H2,1H3,(H,22,25)(H,23,24). The van der Waals surface area contributed by atoms with Gasteiger partial charge in [-0.1, -0.05) is 36.5 Å². The van der Waals surface area contributed by atoms with Crippen molar-refractivity contribution in [2.75, 3.05) is 18.5 Å². The minimum absolute atomic E-state index is 0.184. The Bertz CT molecular complexity index is 764. The van der Waals surface area contributed by atoms with Gasteiger partial charge in [-0.2, -0.15) is 0 Å². The van der Waals surface area contributed by atoms with Gasteiger partial charge in [-0.05, 0) is 48.9 Å². The van der Waals surface area contributed by atoms with Crippen molar-refractivity contribution in [3.63, 3.8) is 0 Å². The Balaban J connectivity index is 1.83. The zero-order valence-corrected chi connectivity index (χ0v) is 15.9. The number of rotatable bonds is 8. The van der Waals surface area contributed by atoms with Crippen LogP contribution in [-0.2, 0) is 4.79 Å². The van der Waals surface area contributed by atoms with Gasteiger partial charge in [0.05, 0.1) is 23.9 Å². The summed E-state index contributed by atoms with van der Waals surface area (Å²) in [6, 6.07) is 11.5. The molecule has 26 heavy (non-hydrogen) atoms. The minimum Gasteiger partial charge on any atom is -0.494 e. The number of benzene rings is 2. The minimum atomic E-state index is -0.401. The molecule has 0 aromatic heterocycles. The van der Waals surface area contributed by atoms with E-state index in [9.17, 15) is 9.59 Å². The van der Waals surface area contributed by atoms with E-state index in [1.165, 1.54) is 0 Å². The molecule has 0 atom stereocenters. The second-order valence-electron chi connectivity index (χ2n) is 5.58. The van der Waals surface area contributed by atoms with E-state index in [2.05, 4.69) is 17.6 Å². The summed E-state index contributed by atoms with van der Waals surface area (Å²) in [4.78, 5) is 24.1. The van der Waals surface area contributed by atoms with Crippen LogP contribution >= 0.6 is 23.2 Å². The molecule has 2 aromatic carbocycles. The molecule has 2 amide bonds. The SMILES string of the molecule is CCCCOc1ccc(C(=O)NCC(=O)Nc2cc(Cl)ccc2Cl)cc1. The average molecular weight is 395 g/mol. The maximum absolute atomic E-state index is 12.1. The molecule has 0 saturated heterocycles. The average Bonchev–Trinajstić information content (AvgIpc) is 2.63. The molecule has 2 rings (SSSR count). The molecule has 0 bridgehead atoms. The Hall–Kier alpha value is -2.24. The molecule has 2 N–H and O–H groups in total. The highest BCUT2D eigenvalue weighted by molar-refractivity contribution is 6.35. The predicted octanol–water partition coefficient (Wildman–Crippen LogP) is 4.54. The first-order valence-electron chi connectivity index (χ1n) is 8.25. The summed E-state index contributed by atoms with van der Waals surface area (Å²) in [6.07, 6.45) is 2.04. The molecular weight excluding hydrogens is 375 g/mol. The third-order valence-corrected chi connectivity index (χ3v) is 4.06. The van der Waals surface area contributed by atoms with Gasteiger partial charge in [-0.15, -0.1) is 0 Å². The molecule has 2 aromatic rings. The van der Waals surface area contributed by atoms with Crippen LogP contribution in [0.25, 0.3) is 0 Å². The number of unbranched alkanes of at least 4 members (excludes halogenated alkanes) is 1. The van der Waals surface area contributed by atoms with Crippen molar-refractivity contribution in [1.29, 1.82) is 0 Å². The maximum Gasteiger partial charge on any atom is 0.251 e. The molecule has 138 valence electrons. The molecule has 0 fully saturated rings. The zero-order chi connectivity index (χ0) is 18.9. The lowest BCUT2D eigenvalue weighted by molar-refractivity contribution is -0.115. The van der Waals surface area contributed by atoms with Crippen LogP contribution in [0.4, 0.5) is 5.69 Å². The third kappa shape index (κ3) is 6.24. The smallest absolute Gasteiger partial charge is 0.251 e. The summed E-state index contributed by atoms with van der Waals surface area (Å²) >= 11 is 11.9. The summed E-state index contributed by atoms with van der Waals surface area (Å²) < 4.78 is 5.55. The lowest BCUT2D eigenvalue weighted by Crippen LogP contribution is -2.32. The normalized spacial score (nSPS) is 10.3. The Morgan fingerprint density at radius 2 is 1.81 bits per heavy atom. The molecular formula is C19H20Cl2N2O3. The fourth-order valence-corrected chi connectivity index (χ4v) is 2.42. The van der Waals surface area contributed by atoms with Crippen LogP contribution in [0.1, 0.15) is 30.1 Å². The van der Waals surface area contributed by atoms with Gasteiger partial charge in [-0.25, -0.2) is 0 Å². The number of ether oxygens (including phenoxy) is 1. The summed E-state index contributed by atoms with van der Waals surface area (Å²) in [5.41, 5.74) is 0.841. The zero-order valence-electron chi connectivity index (χ0n) is 14.4. The Labute approximate surface area is 162 Å². The quantitative estimate of drug-likeness (QED) is 0.645. The predicted molar refractivity (Wildman–Crippen MR) is 104 cm³/mol. The maximum atomic E-state index is 12.1. The fourth-order valence-electron chi connectivity index (χ4n) is 2.09. The molecule has 7 heteroatoms. The van der Waals surface area contributed by atoms with Crippen LogP contribution in [0.2, 0.25) is 10.0 Å². The van der Waals surface area contributed by atoms with Gasteiger partial charge < -0.3 is 15.4 Å². The molecule has 0 unspecified atom stereocenters. The van der Waals surface area contributed by atoms with Crippen molar-refractivity contribution in [3.05, 3.63) is 58.1 Å². The van der Waals surface area contributed by atoms with Gasteiger partial charge in [-0.3, -0.25) is 9.59 Å². The second kappa shape index (κ2) is 10.0. The number of amides is 2. The van der Waals surface area contributed by atoms with Crippen LogP contribution < -0.4 is 15.4 Å². The van der Waals surface area contributed by atoms with Crippen LogP contribution in [0.5, 0.6) is 5.75 Å². The summed E-state index contributed by atoms with van der Waals surface area (Å²) in [5.74, 6) is -0.0390. The van der Waals surface area contributed by atoms with E-state index in [1.54, 1.807) is 42.5 Å². The Morgan fingerprint density at radius 1 is 1.08 bits per heavy atom. The first-order valence-corrected chi connectivity index (χ1v) is 9.01. The van der Waals surface area contributed by atoms with E-state index in [0.29, 0.717) is 33.7 Å². The van der Waals surface area contributed by atoms with Crippen molar-refractivity contribution in [2.45, 2.75) is 19.8 Å². The number of halogens is 2. The van der Waals surface area contributed by atoms with E-state index in [4.69, 9.17) is 27.9 Å². The highest BCUT2D eigenvalue weighted by Gasteiger charge is 2.10. The number of hydrogen-bond acceptors (Lipinski definition) is 3. The van der Waals surface area contributed by atoms with Crippen LogP contribution in [0.3, 0.4) is 0 Å². The number of nitrogens with one attached hydrogen (secondary N) is 2. The molecule has 0 aliphatic carbocycles. The van der Waals surface area contributed by atoms with Crippen molar-refractivity contribution in [3.8, 4) is 5.75 Å². The van der Waals surface area contributed by atoms with Gasteiger partial charge in [0.25, 0.3) is 5.91 Å². The van der Waals surface area contributed by atoms with Gasteiger partial charge >= 0.3 is 0 Å². The number of hydrogen-bond donors (Lipinski definition) is 2. The third-order valence-electron chi connectivity index (χ3n) is 3.50. The summed E-state index contributed by atoms with van der Waals surface area (Å²) in [5, 5.41) is 5.98. The van der Waals surface area contributed by atoms with Crippen molar-refractivity contribution in [2.24, 2.45) is 0 Å². The van der Waals surface area contributed by atoms with Crippen LogP contribution in [-0.4, -0.2) is 25.0 Å². The van der Waals surface area contributed by atoms with Crippen molar-refractivity contribution >= 4 is 40.7 Å². The van der Waals surface area contributed by atoms with E-state index < -0.39 is 5.91 Å². The van der Waals surface area contributed by atoms with Gasteiger partial charge in [0.1, 0.15) is 5.75 Å².